The quantitative estimate of drug-likeness (QED) is 0.125. The van der Waals surface area contributed by atoms with Crippen LogP contribution >= 0.6 is 0 Å². The molecule has 18 nitrogen and oxygen atoms in total. The molecule has 0 aliphatic heterocycles. The molecule has 2 aromatic carbocycles. The number of hydrogen-bond donors (Lipinski definition) is 3. The zero-order valence-corrected chi connectivity index (χ0v) is 31.9. The average molecular weight is 783 g/mol. The number of aldehydes is 1. The molecule has 0 saturated heterocycles. The van der Waals surface area contributed by atoms with E-state index in [1.807, 2.05) is 54.6 Å². The smallest absolute Gasteiger partial charge is 0.226 e. The van der Waals surface area contributed by atoms with E-state index in [0.717, 1.165) is 22.3 Å². The number of aliphatic hydroxyl groups excluding tert-OH is 1. The second kappa shape index (κ2) is 17.8. The molecule has 6 aromatic heterocycles. The van der Waals surface area contributed by atoms with Gasteiger partial charge in [0, 0.05) is 67.0 Å². The normalized spacial score (nSPS) is 10.8. The highest BCUT2D eigenvalue weighted by Crippen LogP contribution is 2.29. The van der Waals surface area contributed by atoms with Gasteiger partial charge in [-0.05, 0) is 59.7 Å². The number of fused-ring (bicyclic) bond motifs is 2. The number of carbonyl (C=O) groups excluding carboxylic acids is 1. The van der Waals surface area contributed by atoms with Crippen molar-refractivity contribution in [1.29, 1.82) is 0 Å². The molecule has 0 unspecified atom stereocenters. The van der Waals surface area contributed by atoms with Gasteiger partial charge in [-0.2, -0.15) is 9.03 Å². The molecule has 0 spiro atoms. The summed E-state index contributed by atoms with van der Waals surface area (Å²) in [5.74, 6) is 4.56. The van der Waals surface area contributed by atoms with E-state index in [0.29, 0.717) is 88.3 Å². The van der Waals surface area contributed by atoms with E-state index in [-0.39, 0.29) is 6.61 Å². The van der Waals surface area contributed by atoms with Crippen molar-refractivity contribution in [2.24, 2.45) is 0 Å². The van der Waals surface area contributed by atoms with E-state index in [4.69, 9.17) is 18.9 Å². The van der Waals surface area contributed by atoms with Crippen LogP contribution in [0.15, 0.2) is 97.8 Å². The molecule has 0 bridgehead atoms. The van der Waals surface area contributed by atoms with Crippen LogP contribution in [0.1, 0.15) is 27.0 Å². The number of benzene rings is 2. The summed E-state index contributed by atoms with van der Waals surface area (Å²) >= 11 is 0. The first-order valence-electron chi connectivity index (χ1n) is 17.7. The first-order valence-corrected chi connectivity index (χ1v) is 17.7. The molecule has 8 aromatic rings. The molecule has 0 aliphatic carbocycles. The van der Waals surface area contributed by atoms with E-state index in [2.05, 4.69) is 50.7 Å². The van der Waals surface area contributed by atoms with Crippen molar-refractivity contribution < 1.29 is 28.8 Å². The maximum Gasteiger partial charge on any atom is 0.226 e. The predicted molar refractivity (Wildman–Crippen MR) is 213 cm³/mol. The lowest BCUT2D eigenvalue weighted by atomic mass is 10.2. The molecule has 0 atom stereocenters. The molecule has 294 valence electrons. The van der Waals surface area contributed by atoms with Crippen molar-refractivity contribution in [3.05, 3.63) is 120 Å². The van der Waals surface area contributed by atoms with Crippen molar-refractivity contribution in [2.45, 2.75) is 19.7 Å². The van der Waals surface area contributed by atoms with Crippen LogP contribution in [0.2, 0.25) is 0 Å². The van der Waals surface area contributed by atoms with Crippen molar-refractivity contribution >= 4 is 29.5 Å². The Morgan fingerprint density at radius 1 is 0.638 bits per heavy atom. The highest BCUT2D eigenvalue weighted by molar-refractivity contribution is 5.84. The number of aliphatic hydroxyl groups is 1. The first kappa shape index (κ1) is 38.5. The van der Waals surface area contributed by atoms with Crippen LogP contribution in [0.4, 0.5) is 11.9 Å². The van der Waals surface area contributed by atoms with Gasteiger partial charge in [-0.15, -0.1) is 10.2 Å². The second-order valence-electron chi connectivity index (χ2n) is 12.3. The van der Waals surface area contributed by atoms with E-state index in [1.54, 1.807) is 70.0 Å². The van der Waals surface area contributed by atoms with Crippen LogP contribution < -0.4 is 29.6 Å². The van der Waals surface area contributed by atoms with Crippen LogP contribution in [0.5, 0.6) is 23.0 Å². The van der Waals surface area contributed by atoms with Gasteiger partial charge in [-0.1, -0.05) is 12.1 Å². The lowest BCUT2D eigenvalue weighted by Crippen LogP contribution is -2.09. The predicted octanol–water partition coefficient (Wildman–Crippen LogP) is 4.94. The number of anilines is 2. The third-order valence-electron chi connectivity index (χ3n) is 8.76. The van der Waals surface area contributed by atoms with Gasteiger partial charge < -0.3 is 34.7 Å². The summed E-state index contributed by atoms with van der Waals surface area (Å²) in [6.45, 7) is 0.769. The maximum atomic E-state index is 11.4. The van der Waals surface area contributed by atoms with Gasteiger partial charge in [0.15, 0.2) is 52.2 Å². The van der Waals surface area contributed by atoms with Gasteiger partial charge >= 0.3 is 0 Å². The summed E-state index contributed by atoms with van der Waals surface area (Å²) in [6, 6.07) is 18.7. The Kier molecular flexibility index (Phi) is 11.8. The number of nitrogens with one attached hydrogen (secondary N) is 2. The molecule has 0 fully saturated rings. The summed E-state index contributed by atoms with van der Waals surface area (Å²) < 4.78 is 24.3. The van der Waals surface area contributed by atoms with E-state index < -0.39 is 0 Å². The molecule has 3 N–H and O–H groups in total. The van der Waals surface area contributed by atoms with Crippen LogP contribution in [0.3, 0.4) is 0 Å². The number of carbonyl (C=O) groups is 1. The second-order valence-corrected chi connectivity index (χ2v) is 12.3. The lowest BCUT2D eigenvalue weighted by Gasteiger charge is -2.11. The maximum absolute atomic E-state index is 11.4. The number of methoxy groups -OCH3 is 4. The van der Waals surface area contributed by atoms with Gasteiger partial charge in [-0.25, -0.2) is 19.9 Å². The third-order valence-corrected chi connectivity index (χ3v) is 8.76. The topological polar surface area (TPSA) is 210 Å². The Morgan fingerprint density at radius 3 is 1.60 bits per heavy atom. The molecular weight excluding hydrogens is 745 g/mol. The van der Waals surface area contributed by atoms with Gasteiger partial charge in [0.05, 0.1) is 40.6 Å². The number of rotatable bonds is 14. The molecule has 0 aliphatic rings. The molecule has 18 heteroatoms. The SMILES string of the molecule is COc1ccc(CNc2ncc(C=O)c3nc(-c4cccnc4)nn23)cc1OC.COc1ccc(CNc2ncc(CO)c3nc(-c4cccnc4)nn23)cc1OC. The van der Waals surface area contributed by atoms with Crippen LogP contribution in [0.25, 0.3) is 34.1 Å². The fourth-order valence-corrected chi connectivity index (χ4v) is 5.82. The number of ether oxygens (including phenoxy) is 4. The van der Waals surface area contributed by atoms with Crippen LogP contribution in [-0.4, -0.2) is 89.0 Å². The largest absolute Gasteiger partial charge is 0.493 e. The fraction of sp³-hybridized carbons (Fsp3) is 0.175. The van der Waals surface area contributed by atoms with Gasteiger partial charge in [-0.3, -0.25) is 14.8 Å². The average Bonchev–Trinajstić information content (AvgIpc) is 3.95. The minimum absolute atomic E-state index is 0.183. The molecule has 0 radical (unpaired) electrons. The minimum Gasteiger partial charge on any atom is -0.493 e. The summed E-state index contributed by atoms with van der Waals surface area (Å²) in [5.41, 5.74) is 5.37. The van der Waals surface area contributed by atoms with Gasteiger partial charge in [0.1, 0.15) is 0 Å². The third kappa shape index (κ3) is 8.26. The van der Waals surface area contributed by atoms with Crippen molar-refractivity contribution in [3.63, 3.8) is 0 Å². The van der Waals surface area contributed by atoms with Gasteiger partial charge in [0.2, 0.25) is 11.9 Å². The van der Waals surface area contributed by atoms with Gasteiger partial charge in [0.25, 0.3) is 0 Å². The Hall–Kier alpha value is -7.73. The van der Waals surface area contributed by atoms with Crippen molar-refractivity contribution in [3.8, 4) is 45.8 Å². The number of nitrogens with zero attached hydrogens (tertiary/aromatic N) is 10. The van der Waals surface area contributed by atoms with Crippen molar-refractivity contribution in [2.75, 3.05) is 39.1 Å². The highest BCUT2D eigenvalue weighted by Gasteiger charge is 2.16. The Morgan fingerprint density at radius 2 is 1.14 bits per heavy atom. The summed E-state index contributed by atoms with van der Waals surface area (Å²) in [4.78, 5) is 37.4. The molecule has 0 amide bonds. The minimum atomic E-state index is -0.183. The van der Waals surface area contributed by atoms with E-state index in [1.165, 1.54) is 10.7 Å². The summed E-state index contributed by atoms with van der Waals surface area (Å²) in [6.07, 6.45) is 10.5. The zero-order chi connectivity index (χ0) is 40.4. The zero-order valence-electron chi connectivity index (χ0n) is 31.9. The van der Waals surface area contributed by atoms with E-state index >= 15 is 0 Å². The monoisotopic (exact) mass is 782 g/mol. The molecule has 8 rings (SSSR count). The van der Waals surface area contributed by atoms with Crippen molar-refractivity contribution in [1.82, 2.24) is 49.1 Å². The Labute approximate surface area is 331 Å². The van der Waals surface area contributed by atoms with Crippen LogP contribution in [0, 0.1) is 0 Å². The number of hydrogen-bond acceptors (Lipinski definition) is 16. The number of pyridine rings is 2. The molecule has 58 heavy (non-hydrogen) atoms. The lowest BCUT2D eigenvalue weighted by molar-refractivity contribution is 0.112. The molecule has 0 saturated carbocycles. The Bertz CT molecular complexity index is 2660. The molecular formula is C40H38N12O6. The molecule has 6 heterocycles. The first-order chi connectivity index (χ1) is 28.5. The Balaban J connectivity index is 0.000000177. The standard InChI is InChI=1S/C20H20N6O3.C20H18N6O3/c2*1-28-16-6-5-13(8-17(16)29-2)9-22-20-23-11-15(12-27)19-24-18(25-26(19)20)14-4-3-7-21-10-14/h3-8,10-11,27H,9,12H2,1-2H3,(H,22,23);3-8,10-12H,9H2,1-2H3,(H,22,23). The summed E-state index contributed by atoms with van der Waals surface area (Å²) in [7, 11) is 6.39. The van der Waals surface area contributed by atoms with E-state index in [9.17, 15) is 9.90 Å². The number of aromatic nitrogens is 10. The summed E-state index contributed by atoms with van der Waals surface area (Å²) in [5, 5.41) is 25.2. The highest BCUT2D eigenvalue weighted by atomic mass is 16.5. The van der Waals surface area contributed by atoms with Crippen LogP contribution in [-0.2, 0) is 19.7 Å². The fourth-order valence-electron chi connectivity index (χ4n) is 5.82.